The fourth-order valence-electron chi connectivity index (χ4n) is 3.37. The van der Waals surface area contributed by atoms with Gasteiger partial charge in [-0.15, -0.1) is 0 Å². The summed E-state index contributed by atoms with van der Waals surface area (Å²) >= 11 is 0. The Morgan fingerprint density at radius 3 is 2.65 bits per heavy atom. The molecule has 1 aliphatic heterocycles. The van der Waals surface area contributed by atoms with E-state index in [0.717, 1.165) is 5.56 Å². The largest absolute Gasteiger partial charge is 0.481 e. The Morgan fingerprint density at radius 1 is 1.27 bits per heavy atom. The summed E-state index contributed by atoms with van der Waals surface area (Å²) in [6, 6.07) is 3.47. The van der Waals surface area contributed by atoms with Crippen LogP contribution < -0.4 is 0 Å². The summed E-state index contributed by atoms with van der Waals surface area (Å²) in [6.07, 6.45) is 2.73. The number of likely N-dealkylation sites (tertiary alicyclic amines) is 1. The lowest BCUT2D eigenvalue weighted by Crippen LogP contribution is -2.43. The Labute approximate surface area is 151 Å². The number of carbonyl (C=O) groups is 2. The van der Waals surface area contributed by atoms with Crippen LogP contribution in [0.2, 0.25) is 0 Å². The van der Waals surface area contributed by atoms with Gasteiger partial charge in [-0.1, -0.05) is 6.07 Å². The first-order valence-corrected chi connectivity index (χ1v) is 8.60. The number of imidazole rings is 1. The molecule has 2 aromatic heterocycles. The van der Waals surface area contributed by atoms with E-state index >= 15 is 0 Å². The highest BCUT2D eigenvalue weighted by Crippen LogP contribution is 2.22. The van der Waals surface area contributed by atoms with Gasteiger partial charge in [0.05, 0.1) is 5.92 Å². The molecule has 0 aromatic carbocycles. The maximum atomic E-state index is 14.8. The van der Waals surface area contributed by atoms with Gasteiger partial charge in [0, 0.05) is 25.3 Å². The van der Waals surface area contributed by atoms with Gasteiger partial charge >= 0.3 is 5.97 Å². The summed E-state index contributed by atoms with van der Waals surface area (Å²) in [6.45, 7) is 2.24. The van der Waals surface area contributed by atoms with Crippen LogP contribution in [-0.4, -0.2) is 69.4 Å². The third-order valence-corrected chi connectivity index (χ3v) is 5.00. The maximum Gasteiger partial charge on any atom is 0.308 e. The lowest BCUT2D eigenvalue weighted by molar-refractivity contribution is -0.142. The van der Waals surface area contributed by atoms with Crippen molar-refractivity contribution in [1.82, 2.24) is 19.2 Å². The quantitative estimate of drug-likeness (QED) is 0.898. The molecule has 1 saturated heterocycles. The highest BCUT2D eigenvalue weighted by Gasteiger charge is 2.34. The van der Waals surface area contributed by atoms with Crippen molar-refractivity contribution in [2.75, 3.05) is 27.2 Å². The second-order valence-corrected chi connectivity index (χ2v) is 7.13. The van der Waals surface area contributed by atoms with Gasteiger partial charge in [0.1, 0.15) is 5.65 Å². The van der Waals surface area contributed by atoms with E-state index < -0.39 is 23.7 Å². The smallest absolute Gasteiger partial charge is 0.308 e. The standard InChI is InChI=1S/C18H23FN4O3/c1-11-4-7-14-20-15(16(19)23(14)8-11)17(24)22-9-12(18(25)26)5-6-13(10-22)21(2)3/h4,7-8,12-13H,5-6,9-10H2,1-3H3,(H,25,26)/t12-,13+/m0/s1. The normalized spacial score (nSPS) is 21.2. The zero-order chi connectivity index (χ0) is 19.0. The van der Waals surface area contributed by atoms with Gasteiger partial charge in [-0.3, -0.25) is 14.0 Å². The van der Waals surface area contributed by atoms with E-state index in [2.05, 4.69) is 4.98 Å². The molecule has 0 bridgehead atoms. The maximum absolute atomic E-state index is 14.8. The van der Waals surface area contributed by atoms with Crippen molar-refractivity contribution in [2.45, 2.75) is 25.8 Å². The lowest BCUT2D eigenvalue weighted by atomic mass is 10.0. The van der Waals surface area contributed by atoms with E-state index in [1.54, 1.807) is 18.3 Å². The molecule has 8 heteroatoms. The van der Waals surface area contributed by atoms with Gasteiger partial charge in [-0.05, 0) is 45.5 Å². The molecule has 1 aliphatic rings. The molecule has 3 heterocycles. The van der Waals surface area contributed by atoms with Gasteiger partial charge in [-0.2, -0.15) is 4.39 Å². The molecular weight excluding hydrogens is 339 g/mol. The molecule has 1 amide bonds. The van der Waals surface area contributed by atoms with Crippen molar-refractivity contribution < 1.29 is 19.1 Å². The second-order valence-electron chi connectivity index (χ2n) is 7.13. The summed E-state index contributed by atoms with van der Waals surface area (Å²) in [7, 11) is 3.78. The zero-order valence-electron chi connectivity index (χ0n) is 15.1. The second kappa shape index (κ2) is 7.03. The van der Waals surface area contributed by atoms with Crippen LogP contribution in [0.15, 0.2) is 18.3 Å². The Morgan fingerprint density at radius 2 is 2.00 bits per heavy atom. The Balaban J connectivity index is 1.95. The van der Waals surface area contributed by atoms with Crippen molar-refractivity contribution in [3.8, 4) is 0 Å². The van der Waals surface area contributed by atoms with Crippen LogP contribution in [0, 0.1) is 18.8 Å². The van der Waals surface area contributed by atoms with Gasteiger partial charge < -0.3 is 14.9 Å². The molecule has 0 aliphatic carbocycles. The molecular formula is C18H23FN4O3. The number of rotatable bonds is 3. The minimum atomic E-state index is -0.937. The fraction of sp³-hybridized carbons (Fsp3) is 0.500. The molecule has 0 unspecified atom stereocenters. The van der Waals surface area contributed by atoms with Crippen LogP contribution in [0.3, 0.4) is 0 Å². The number of likely N-dealkylation sites (N-methyl/N-ethyl adjacent to an activating group) is 1. The third kappa shape index (κ3) is 3.41. The van der Waals surface area contributed by atoms with Crippen LogP contribution in [0.25, 0.3) is 5.65 Å². The first kappa shape index (κ1) is 18.3. The van der Waals surface area contributed by atoms with Crippen molar-refractivity contribution in [2.24, 2.45) is 5.92 Å². The number of halogens is 1. The summed E-state index contributed by atoms with van der Waals surface area (Å²) in [4.78, 5) is 32.0. The van der Waals surface area contributed by atoms with E-state index in [9.17, 15) is 19.1 Å². The number of pyridine rings is 1. The number of carboxylic acids is 1. The number of carbonyl (C=O) groups excluding carboxylic acids is 1. The SMILES string of the molecule is Cc1ccc2nc(C(=O)N3C[C@@H](C(=O)O)CC[C@@H](N(C)C)C3)c(F)n2c1. The molecule has 140 valence electrons. The number of carboxylic acid groups (broad SMARTS) is 1. The number of aryl methyl sites for hydroxylation is 1. The predicted octanol–water partition coefficient (Wildman–Crippen LogP) is 1.65. The molecule has 7 nitrogen and oxygen atoms in total. The third-order valence-electron chi connectivity index (χ3n) is 5.00. The van der Waals surface area contributed by atoms with Crippen molar-refractivity contribution in [3.05, 3.63) is 35.5 Å². The minimum absolute atomic E-state index is 0.0191. The fourth-order valence-corrected chi connectivity index (χ4v) is 3.37. The zero-order valence-corrected chi connectivity index (χ0v) is 15.1. The lowest BCUT2D eigenvalue weighted by Gasteiger charge is -2.28. The summed E-state index contributed by atoms with van der Waals surface area (Å²) in [5, 5.41) is 9.41. The Bertz CT molecular complexity index is 848. The van der Waals surface area contributed by atoms with Crippen LogP contribution in [0.4, 0.5) is 4.39 Å². The molecule has 2 atom stereocenters. The van der Waals surface area contributed by atoms with Crippen molar-refractivity contribution in [3.63, 3.8) is 0 Å². The van der Waals surface area contributed by atoms with E-state index in [0.29, 0.717) is 25.0 Å². The molecule has 26 heavy (non-hydrogen) atoms. The van der Waals surface area contributed by atoms with E-state index in [1.807, 2.05) is 25.9 Å². The van der Waals surface area contributed by atoms with E-state index in [-0.39, 0.29) is 18.3 Å². The minimum Gasteiger partial charge on any atom is -0.481 e. The number of fused-ring (bicyclic) bond motifs is 1. The molecule has 1 N–H and O–H groups in total. The van der Waals surface area contributed by atoms with Gasteiger partial charge in [0.15, 0.2) is 5.69 Å². The number of nitrogens with zero attached hydrogens (tertiary/aromatic N) is 4. The molecule has 3 rings (SSSR count). The highest BCUT2D eigenvalue weighted by molar-refractivity contribution is 5.93. The van der Waals surface area contributed by atoms with Gasteiger partial charge in [-0.25, -0.2) is 4.98 Å². The number of hydrogen-bond donors (Lipinski definition) is 1. The van der Waals surface area contributed by atoms with Gasteiger partial charge in [0.2, 0.25) is 5.95 Å². The van der Waals surface area contributed by atoms with Crippen LogP contribution in [-0.2, 0) is 4.79 Å². The van der Waals surface area contributed by atoms with Crippen LogP contribution in [0.5, 0.6) is 0 Å². The average Bonchev–Trinajstić information content (AvgIpc) is 2.78. The Hall–Kier alpha value is -2.48. The van der Waals surface area contributed by atoms with Crippen molar-refractivity contribution in [1.29, 1.82) is 0 Å². The summed E-state index contributed by atoms with van der Waals surface area (Å²) < 4.78 is 16.0. The van der Waals surface area contributed by atoms with Crippen molar-refractivity contribution >= 4 is 17.5 Å². The molecule has 0 spiro atoms. The predicted molar refractivity (Wildman–Crippen MR) is 93.6 cm³/mol. The molecule has 0 radical (unpaired) electrons. The number of hydrogen-bond acceptors (Lipinski definition) is 4. The average molecular weight is 362 g/mol. The molecule has 1 fully saturated rings. The summed E-state index contributed by atoms with van der Waals surface area (Å²) in [5.74, 6) is -2.88. The molecule has 2 aromatic rings. The van der Waals surface area contributed by atoms with Gasteiger partial charge in [0.25, 0.3) is 5.91 Å². The first-order valence-electron chi connectivity index (χ1n) is 8.60. The Kier molecular flexibility index (Phi) is 4.95. The monoisotopic (exact) mass is 362 g/mol. The first-order chi connectivity index (χ1) is 12.3. The van der Waals surface area contributed by atoms with E-state index in [4.69, 9.17) is 0 Å². The summed E-state index contributed by atoms with van der Waals surface area (Å²) in [5.41, 5.74) is 0.936. The van der Waals surface area contributed by atoms with Crippen LogP contribution in [0.1, 0.15) is 28.9 Å². The van der Waals surface area contributed by atoms with E-state index in [1.165, 1.54) is 9.30 Å². The number of amides is 1. The highest BCUT2D eigenvalue weighted by atomic mass is 19.1. The topological polar surface area (TPSA) is 78.1 Å². The number of aromatic nitrogens is 2. The molecule has 0 saturated carbocycles. The van der Waals surface area contributed by atoms with Crippen LogP contribution >= 0.6 is 0 Å². The number of aliphatic carboxylic acids is 1.